The van der Waals surface area contributed by atoms with Gasteiger partial charge in [-0.25, -0.2) is 0 Å². The van der Waals surface area contributed by atoms with Crippen LogP contribution in [0, 0.1) is 0 Å². The second kappa shape index (κ2) is 5.28. The fourth-order valence-corrected chi connectivity index (χ4v) is 2.51. The first-order valence-electron chi connectivity index (χ1n) is 6.03. The number of carbonyl (C=O) groups excluding carboxylic acids is 1. The minimum atomic E-state index is 0.0277. The van der Waals surface area contributed by atoms with Crippen LogP contribution in [0.3, 0.4) is 0 Å². The minimum absolute atomic E-state index is 0.0277. The molecule has 5 heteroatoms. The molecule has 1 aliphatic heterocycles. The van der Waals surface area contributed by atoms with Crippen LogP contribution in [0.4, 0.5) is 5.69 Å². The highest BCUT2D eigenvalue weighted by molar-refractivity contribution is 9.10. The number of hydrogen-bond donors (Lipinski definition) is 1. The van der Waals surface area contributed by atoms with Crippen molar-refractivity contribution >= 4 is 27.5 Å². The molecule has 0 spiro atoms. The zero-order chi connectivity index (χ0) is 13.3. The molecule has 0 bridgehead atoms. The van der Waals surface area contributed by atoms with Crippen LogP contribution >= 0.6 is 15.9 Å². The zero-order valence-corrected chi connectivity index (χ0v) is 12.3. The van der Waals surface area contributed by atoms with E-state index in [9.17, 15) is 4.79 Å². The van der Waals surface area contributed by atoms with E-state index in [0.717, 1.165) is 24.1 Å². The summed E-state index contributed by atoms with van der Waals surface area (Å²) in [6.07, 6.45) is 0. The first-order valence-corrected chi connectivity index (χ1v) is 6.83. The van der Waals surface area contributed by atoms with Gasteiger partial charge in [-0.2, -0.15) is 0 Å². The van der Waals surface area contributed by atoms with Gasteiger partial charge in [-0.15, -0.1) is 0 Å². The number of hydrogen-bond acceptors (Lipinski definition) is 3. The van der Waals surface area contributed by atoms with Gasteiger partial charge in [0.1, 0.15) is 0 Å². The van der Waals surface area contributed by atoms with Gasteiger partial charge >= 0.3 is 0 Å². The van der Waals surface area contributed by atoms with Crippen molar-refractivity contribution in [2.24, 2.45) is 0 Å². The quantitative estimate of drug-likeness (QED) is 0.805. The molecule has 1 aromatic rings. The van der Waals surface area contributed by atoms with Gasteiger partial charge in [0.05, 0.1) is 5.56 Å². The molecule has 1 aromatic carbocycles. The number of likely N-dealkylation sites (N-methyl/N-ethyl adjacent to an activating group) is 1. The van der Waals surface area contributed by atoms with E-state index in [1.54, 1.807) is 12.1 Å². The maximum Gasteiger partial charge on any atom is 0.256 e. The van der Waals surface area contributed by atoms with Crippen molar-refractivity contribution in [3.8, 4) is 0 Å². The zero-order valence-electron chi connectivity index (χ0n) is 10.7. The van der Waals surface area contributed by atoms with E-state index in [0.29, 0.717) is 17.3 Å². The van der Waals surface area contributed by atoms with Crippen molar-refractivity contribution in [2.45, 2.75) is 13.0 Å². The molecule has 2 N–H and O–H groups in total. The normalized spacial score (nSPS) is 21.1. The molecule has 1 amide bonds. The van der Waals surface area contributed by atoms with Crippen LogP contribution in [0.2, 0.25) is 0 Å². The van der Waals surface area contributed by atoms with Gasteiger partial charge in [-0.3, -0.25) is 4.79 Å². The summed E-state index contributed by atoms with van der Waals surface area (Å²) < 4.78 is 0.892. The van der Waals surface area contributed by atoms with Gasteiger partial charge in [0.2, 0.25) is 0 Å². The number of amides is 1. The third kappa shape index (κ3) is 2.67. The Balaban J connectivity index is 2.16. The smallest absolute Gasteiger partial charge is 0.256 e. The molecule has 98 valence electrons. The molecular formula is C13H18BrN3O. The molecule has 1 aliphatic rings. The highest BCUT2D eigenvalue weighted by Crippen LogP contribution is 2.21. The van der Waals surface area contributed by atoms with Crippen LogP contribution in [-0.2, 0) is 0 Å². The van der Waals surface area contributed by atoms with Crippen LogP contribution in [0.15, 0.2) is 22.7 Å². The molecule has 2 rings (SSSR count). The molecule has 1 fully saturated rings. The Morgan fingerprint density at radius 3 is 2.78 bits per heavy atom. The lowest BCUT2D eigenvalue weighted by molar-refractivity contribution is 0.0573. The Morgan fingerprint density at radius 2 is 2.17 bits per heavy atom. The SMILES string of the molecule is CC1CN(C(=O)c2ccc(Br)cc2N)CCN1C. The molecule has 4 nitrogen and oxygen atoms in total. The number of anilines is 1. The predicted molar refractivity (Wildman–Crippen MR) is 76.5 cm³/mol. The highest BCUT2D eigenvalue weighted by Gasteiger charge is 2.25. The van der Waals surface area contributed by atoms with Gasteiger partial charge in [0.15, 0.2) is 0 Å². The average Bonchev–Trinajstić information content (AvgIpc) is 2.32. The number of carbonyl (C=O) groups is 1. The summed E-state index contributed by atoms with van der Waals surface area (Å²) in [6.45, 7) is 4.55. The van der Waals surface area contributed by atoms with Gasteiger partial charge in [-0.1, -0.05) is 15.9 Å². The third-order valence-electron chi connectivity index (χ3n) is 3.49. The van der Waals surface area contributed by atoms with Crippen molar-refractivity contribution in [3.05, 3.63) is 28.2 Å². The van der Waals surface area contributed by atoms with Crippen LogP contribution in [0.1, 0.15) is 17.3 Å². The van der Waals surface area contributed by atoms with Crippen molar-refractivity contribution < 1.29 is 4.79 Å². The van der Waals surface area contributed by atoms with Crippen LogP contribution in [0.25, 0.3) is 0 Å². The lowest BCUT2D eigenvalue weighted by Crippen LogP contribution is -2.52. The number of rotatable bonds is 1. The van der Waals surface area contributed by atoms with E-state index >= 15 is 0 Å². The molecular weight excluding hydrogens is 294 g/mol. The molecule has 0 aliphatic carbocycles. The summed E-state index contributed by atoms with van der Waals surface area (Å²) >= 11 is 3.35. The van der Waals surface area contributed by atoms with E-state index in [1.165, 1.54) is 0 Å². The van der Waals surface area contributed by atoms with E-state index in [-0.39, 0.29) is 5.91 Å². The number of piperazine rings is 1. The molecule has 1 atom stereocenters. The Morgan fingerprint density at radius 1 is 1.44 bits per heavy atom. The van der Waals surface area contributed by atoms with Crippen molar-refractivity contribution in [3.63, 3.8) is 0 Å². The van der Waals surface area contributed by atoms with Crippen molar-refractivity contribution in [1.82, 2.24) is 9.80 Å². The summed E-state index contributed by atoms with van der Waals surface area (Å²) in [4.78, 5) is 16.5. The van der Waals surface area contributed by atoms with Crippen LogP contribution in [-0.4, -0.2) is 48.4 Å². The number of nitrogens with two attached hydrogens (primary N) is 1. The maximum absolute atomic E-state index is 12.4. The standard InChI is InChI=1S/C13H18BrN3O/c1-9-8-17(6-5-16(9)2)13(18)11-4-3-10(14)7-12(11)15/h3-4,7,9H,5-6,8,15H2,1-2H3. The molecule has 1 saturated heterocycles. The summed E-state index contributed by atoms with van der Waals surface area (Å²) in [5.74, 6) is 0.0277. The lowest BCUT2D eigenvalue weighted by atomic mass is 10.1. The fourth-order valence-electron chi connectivity index (χ4n) is 2.13. The van der Waals surface area contributed by atoms with Gasteiger partial charge in [0, 0.05) is 35.8 Å². The Kier molecular flexibility index (Phi) is 3.92. The second-order valence-corrected chi connectivity index (χ2v) is 5.73. The second-order valence-electron chi connectivity index (χ2n) is 4.81. The van der Waals surface area contributed by atoms with Gasteiger partial charge < -0.3 is 15.5 Å². The van der Waals surface area contributed by atoms with Crippen LogP contribution < -0.4 is 5.73 Å². The monoisotopic (exact) mass is 311 g/mol. The first kappa shape index (κ1) is 13.4. The van der Waals surface area contributed by atoms with Gasteiger partial charge in [0.25, 0.3) is 5.91 Å². The maximum atomic E-state index is 12.4. The first-order chi connectivity index (χ1) is 8.49. The molecule has 0 aromatic heterocycles. The lowest BCUT2D eigenvalue weighted by Gasteiger charge is -2.37. The topological polar surface area (TPSA) is 49.6 Å². The summed E-state index contributed by atoms with van der Waals surface area (Å²) in [6, 6.07) is 5.79. The van der Waals surface area contributed by atoms with Crippen molar-refractivity contribution in [1.29, 1.82) is 0 Å². The molecule has 0 radical (unpaired) electrons. The Hall–Kier alpha value is -1.07. The highest BCUT2D eigenvalue weighted by atomic mass is 79.9. The number of nitrogen functional groups attached to an aromatic ring is 1. The number of halogens is 1. The average molecular weight is 312 g/mol. The molecule has 0 saturated carbocycles. The van der Waals surface area contributed by atoms with E-state index in [2.05, 4.69) is 34.8 Å². The summed E-state index contributed by atoms with van der Waals surface area (Å²) in [5, 5.41) is 0. The van der Waals surface area contributed by atoms with E-state index in [1.807, 2.05) is 11.0 Å². The van der Waals surface area contributed by atoms with E-state index in [4.69, 9.17) is 5.73 Å². The summed E-state index contributed by atoms with van der Waals surface area (Å²) in [7, 11) is 2.08. The van der Waals surface area contributed by atoms with E-state index < -0.39 is 0 Å². The Bertz CT molecular complexity index is 464. The molecule has 1 heterocycles. The largest absolute Gasteiger partial charge is 0.398 e. The van der Waals surface area contributed by atoms with Crippen molar-refractivity contribution in [2.75, 3.05) is 32.4 Å². The minimum Gasteiger partial charge on any atom is -0.398 e. The number of benzene rings is 1. The molecule has 18 heavy (non-hydrogen) atoms. The fraction of sp³-hybridized carbons (Fsp3) is 0.462. The summed E-state index contributed by atoms with van der Waals surface area (Å²) in [5.41, 5.74) is 7.02. The number of nitrogens with zero attached hydrogens (tertiary/aromatic N) is 2. The Labute approximate surface area is 116 Å². The third-order valence-corrected chi connectivity index (χ3v) is 3.98. The van der Waals surface area contributed by atoms with Crippen LogP contribution in [0.5, 0.6) is 0 Å². The predicted octanol–water partition coefficient (Wildman–Crippen LogP) is 1.81. The van der Waals surface area contributed by atoms with Gasteiger partial charge in [-0.05, 0) is 32.2 Å². The molecule has 1 unspecified atom stereocenters.